The summed E-state index contributed by atoms with van der Waals surface area (Å²) in [7, 11) is 0. The SMILES string of the molecule is Cc1sc2nc(SC[C@H]3CCOCO3)n(C(C)C)c(=O)c2c1C. The van der Waals surface area contributed by atoms with Gasteiger partial charge in [-0.1, -0.05) is 11.8 Å². The quantitative estimate of drug-likeness (QED) is 0.621. The zero-order valence-electron chi connectivity index (χ0n) is 13.9. The van der Waals surface area contributed by atoms with Crippen molar-refractivity contribution in [2.75, 3.05) is 19.2 Å². The highest BCUT2D eigenvalue weighted by Crippen LogP contribution is 2.30. The Labute approximate surface area is 144 Å². The van der Waals surface area contributed by atoms with Gasteiger partial charge in [-0.25, -0.2) is 4.98 Å². The molecule has 1 atom stereocenters. The van der Waals surface area contributed by atoms with E-state index in [0.717, 1.165) is 44.6 Å². The fourth-order valence-corrected chi connectivity index (χ4v) is 4.91. The molecule has 0 N–H and O–H groups in total. The highest BCUT2D eigenvalue weighted by molar-refractivity contribution is 7.99. The summed E-state index contributed by atoms with van der Waals surface area (Å²) in [6.07, 6.45) is 1.05. The molecular formula is C16H22N2O3S2. The van der Waals surface area contributed by atoms with Crippen LogP contribution in [0, 0.1) is 13.8 Å². The number of thioether (sulfide) groups is 1. The van der Waals surface area contributed by atoms with Gasteiger partial charge in [-0.15, -0.1) is 11.3 Å². The lowest BCUT2D eigenvalue weighted by Crippen LogP contribution is -2.28. The predicted octanol–water partition coefficient (Wildman–Crippen LogP) is 3.51. The van der Waals surface area contributed by atoms with E-state index in [1.165, 1.54) is 0 Å². The van der Waals surface area contributed by atoms with Gasteiger partial charge in [0.2, 0.25) is 0 Å². The summed E-state index contributed by atoms with van der Waals surface area (Å²) in [4.78, 5) is 19.7. The molecular weight excluding hydrogens is 332 g/mol. The van der Waals surface area contributed by atoms with Gasteiger partial charge in [0.15, 0.2) is 5.16 Å². The topological polar surface area (TPSA) is 53.4 Å². The van der Waals surface area contributed by atoms with Gasteiger partial charge in [-0.2, -0.15) is 0 Å². The van der Waals surface area contributed by atoms with Crippen molar-refractivity contribution in [2.24, 2.45) is 0 Å². The van der Waals surface area contributed by atoms with Crippen LogP contribution in [-0.4, -0.2) is 34.8 Å². The van der Waals surface area contributed by atoms with Crippen LogP contribution in [0.25, 0.3) is 10.2 Å². The maximum Gasteiger partial charge on any atom is 0.263 e. The standard InChI is InChI=1S/C16H22N2O3S2/c1-9(2)18-15(19)13-10(3)11(4)23-14(13)17-16(18)22-7-12-5-6-20-8-21-12/h9,12H,5-8H2,1-4H3/t12-/m1/s1. The van der Waals surface area contributed by atoms with Gasteiger partial charge >= 0.3 is 0 Å². The van der Waals surface area contributed by atoms with Gasteiger partial charge < -0.3 is 9.47 Å². The molecule has 2 aromatic heterocycles. The third kappa shape index (κ3) is 3.33. The van der Waals surface area contributed by atoms with Crippen molar-refractivity contribution in [2.45, 2.75) is 51.4 Å². The Hall–Kier alpha value is -0.890. The highest BCUT2D eigenvalue weighted by atomic mass is 32.2. The molecule has 2 aromatic rings. The molecule has 126 valence electrons. The largest absolute Gasteiger partial charge is 0.355 e. The molecule has 5 nitrogen and oxygen atoms in total. The van der Waals surface area contributed by atoms with Crippen molar-refractivity contribution >= 4 is 33.3 Å². The second kappa shape index (κ2) is 6.93. The van der Waals surface area contributed by atoms with Crippen molar-refractivity contribution in [3.63, 3.8) is 0 Å². The van der Waals surface area contributed by atoms with Crippen LogP contribution < -0.4 is 5.56 Å². The number of rotatable bonds is 4. The summed E-state index contributed by atoms with van der Waals surface area (Å²) in [5.41, 5.74) is 1.13. The van der Waals surface area contributed by atoms with Gasteiger partial charge in [0.05, 0.1) is 18.1 Å². The minimum absolute atomic E-state index is 0.0715. The average molecular weight is 354 g/mol. The maximum absolute atomic E-state index is 12.9. The van der Waals surface area contributed by atoms with E-state index in [1.807, 2.05) is 32.3 Å². The summed E-state index contributed by atoms with van der Waals surface area (Å²) < 4.78 is 12.6. The van der Waals surface area contributed by atoms with Crippen LogP contribution in [-0.2, 0) is 9.47 Å². The molecule has 0 spiro atoms. The lowest BCUT2D eigenvalue weighted by molar-refractivity contribution is -0.130. The number of aryl methyl sites for hydroxylation is 2. The molecule has 0 bridgehead atoms. The van der Waals surface area contributed by atoms with E-state index in [2.05, 4.69) is 0 Å². The Morgan fingerprint density at radius 3 is 2.87 bits per heavy atom. The van der Waals surface area contributed by atoms with E-state index >= 15 is 0 Å². The summed E-state index contributed by atoms with van der Waals surface area (Å²) in [5, 5.41) is 1.56. The Balaban J connectivity index is 1.97. The summed E-state index contributed by atoms with van der Waals surface area (Å²) in [6, 6.07) is 0.0807. The number of thiophene rings is 1. The zero-order valence-corrected chi connectivity index (χ0v) is 15.6. The van der Waals surface area contributed by atoms with Crippen LogP contribution >= 0.6 is 23.1 Å². The summed E-state index contributed by atoms with van der Waals surface area (Å²) >= 11 is 3.20. The maximum atomic E-state index is 12.9. The van der Waals surface area contributed by atoms with E-state index in [4.69, 9.17) is 14.5 Å². The molecule has 0 aromatic carbocycles. The van der Waals surface area contributed by atoms with Crippen LogP contribution in [0.1, 0.15) is 36.8 Å². The first kappa shape index (κ1) is 17.0. The molecule has 0 unspecified atom stereocenters. The smallest absolute Gasteiger partial charge is 0.263 e. The Bertz CT molecular complexity index is 761. The van der Waals surface area contributed by atoms with E-state index < -0.39 is 0 Å². The van der Waals surface area contributed by atoms with Crippen molar-refractivity contribution < 1.29 is 9.47 Å². The van der Waals surface area contributed by atoms with Gasteiger partial charge in [-0.3, -0.25) is 9.36 Å². The molecule has 3 rings (SSSR count). The minimum Gasteiger partial charge on any atom is -0.355 e. The van der Waals surface area contributed by atoms with Gasteiger partial charge in [0.25, 0.3) is 5.56 Å². The lowest BCUT2D eigenvalue weighted by Gasteiger charge is -2.23. The van der Waals surface area contributed by atoms with E-state index in [0.29, 0.717) is 6.79 Å². The van der Waals surface area contributed by atoms with Crippen LogP contribution in [0.3, 0.4) is 0 Å². The Morgan fingerprint density at radius 1 is 1.43 bits per heavy atom. The van der Waals surface area contributed by atoms with E-state index in [1.54, 1.807) is 23.1 Å². The monoisotopic (exact) mass is 354 g/mol. The number of hydrogen-bond donors (Lipinski definition) is 0. The number of ether oxygens (including phenoxy) is 2. The molecule has 0 amide bonds. The highest BCUT2D eigenvalue weighted by Gasteiger charge is 2.20. The van der Waals surface area contributed by atoms with Gasteiger partial charge in [0.1, 0.15) is 11.6 Å². The second-order valence-corrected chi connectivity index (χ2v) is 8.23. The zero-order chi connectivity index (χ0) is 16.6. The molecule has 0 saturated carbocycles. The third-order valence-corrected chi connectivity index (χ3v) is 6.27. The molecule has 1 saturated heterocycles. The predicted molar refractivity (Wildman–Crippen MR) is 94.8 cm³/mol. The number of fused-ring (bicyclic) bond motifs is 1. The number of aromatic nitrogens is 2. The van der Waals surface area contributed by atoms with E-state index in [9.17, 15) is 4.79 Å². The van der Waals surface area contributed by atoms with Crippen LogP contribution in [0.4, 0.5) is 0 Å². The second-order valence-electron chi connectivity index (χ2n) is 6.04. The number of hydrogen-bond acceptors (Lipinski definition) is 6. The van der Waals surface area contributed by atoms with Gasteiger partial charge in [0, 0.05) is 16.7 Å². The third-order valence-electron chi connectivity index (χ3n) is 4.09. The fourth-order valence-electron chi connectivity index (χ4n) is 2.65. The van der Waals surface area contributed by atoms with E-state index in [-0.39, 0.29) is 17.7 Å². The Morgan fingerprint density at radius 2 is 2.22 bits per heavy atom. The Kier molecular flexibility index (Phi) is 5.10. The first-order valence-corrected chi connectivity index (χ1v) is 9.63. The molecule has 7 heteroatoms. The van der Waals surface area contributed by atoms with Crippen LogP contribution in [0.5, 0.6) is 0 Å². The molecule has 0 radical (unpaired) electrons. The first-order chi connectivity index (χ1) is 11.0. The normalized spacial score (nSPS) is 18.9. The minimum atomic E-state index is 0.0715. The van der Waals surface area contributed by atoms with Crippen LogP contribution in [0.2, 0.25) is 0 Å². The van der Waals surface area contributed by atoms with Crippen molar-refractivity contribution in [3.05, 3.63) is 20.8 Å². The molecule has 0 aliphatic carbocycles. The van der Waals surface area contributed by atoms with Gasteiger partial charge in [-0.05, 0) is 39.7 Å². The van der Waals surface area contributed by atoms with Crippen LogP contribution in [0.15, 0.2) is 9.95 Å². The fraction of sp³-hybridized carbons (Fsp3) is 0.625. The molecule has 1 fully saturated rings. The molecule has 23 heavy (non-hydrogen) atoms. The lowest BCUT2D eigenvalue weighted by atomic mass is 10.2. The molecule has 3 heterocycles. The molecule has 1 aliphatic heterocycles. The summed E-state index contributed by atoms with van der Waals surface area (Å²) in [5.74, 6) is 0.789. The number of nitrogens with zero attached hydrogens (tertiary/aromatic N) is 2. The average Bonchev–Trinajstić information content (AvgIpc) is 2.80. The van der Waals surface area contributed by atoms with Crippen molar-refractivity contribution in [1.82, 2.24) is 9.55 Å². The molecule has 1 aliphatic rings. The summed E-state index contributed by atoms with van der Waals surface area (Å²) in [6.45, 7) is 9.20. The van der Waals surface area contributed by atoms with Crippen molar-refractivity contribution in [3.8, 4) is 0 Å². The first-order valence-electron chi connectivity index (χ1n) is 7.83. The van der Waals surface area contributed by atoms with Crippen molar-refractivity contribution in [1.29, 1.82) is 0 Å².